The first kappa shape index (κ1) is 22.6. The average molecular weight is 460 g/mol. The molecule has 1 aromatic heterocycles. The first-order valence-electron chi connectivity index (χ1n) is 9.53. The van der Waals surface area contributed by atoms with Crippen LogP contribution in [0, 0.1) is 0 Å². The number of esters is 1. The number of para-hydroxylation sites is 1. The van der Waals surface area contributed by atoms with E-state index in [-0.39, 0.29) is 19.0 Å². The number of anilines is 1. The van der Waals surface area contributed by atoms with Crippen molar-refractivity contribution in [3.8, 4) is 11.5 Å². The van der Waals surface area contributed by atoms with Gasteiger partial charge in [-0.15, -0.1) is 11.3 Å². The molecule has 0 amide bonds. The van der Waals surface area contributed by atoms with Crippen LogP contribution in [-0.2, 0) is 22.6 Å². The molecule has 3 aromatic rings. The average Bonchev–Trinajstić information content (AvgIpc) is 3.20. The molecule has 1 N–H and O–H groups in total. The maximum absolute atomic E-state index is 11.6. The summed E-state index contributed by atoms with van der Waals surface area (Å²) in [6.07, 6.45) is 1.75. The molecule has 0 aliphatic carbocycles. The van der Waals surface area contributed by atoms with Gasteiger partial charge in [0.2, 0.25) is 5.13 Å². The minimum absolute atomic E-state index is 0.131. The van der Waals surface area contributed by atoms with E-state index in [1.54, 1.807) is 25.6 Å². The third-order valence-electron chi connectivity index (χ3n) is 4.11. The van der Waals surface area contributed by atoms with Gasteiger partial charge in [0.1, 0.15) is 6.61 Å². The van der Waals surface area contributed by atoms with Gasteiger partial charge >= 0.3 is 5.97 Å². The highest BCUT2D eigenvalue weighted by molar-refractivity contribution is 7.13. The molecule has 0 bridgehead atoms. The topological polar surface area (TPSA) is 82.0 Å². The number of benzene rings is 2. The van der Waals surface area contributed by atoms with E-state index in [4.69, 9.17) is 25.8 Å². The second kappa shape index (κ2) is 11.3. The van der Waals surface area contributed by atoms with Gasteiger partial charge in [0.25, 0.3) is 0 Å². The number of nitrogens with zero attached hydrogens (tertiary/aromatic N) is 2. The molecule has 0 aliphatic heterocycles. The first-order valence-corrected chi connectivity index (χ1v) is 10.8. The second-order valence-electron chi connectivity index (χ2n) is 6.25. The van der Waals surface area contributed by atoms with Gasteiger partial charge in [-0.2, -0.15) is 5.10 Å². The number of thiazole rings is 1. The summed E-state index contributed by atoms with van der Waals surface area (Å²) >= 11 is 7.58. The Kier molecular flexibility index (Phi) is 8.26. The van der Waals surface area contributed by atoms with Gasteiger partial charge in [-0.3, -0.25) is 10.2 Å². The molecule has 1 heterocycles. The van der Waals surface area contributed by atoms with Gasteiger partial charge in [0, 0.05) is 21.5 Å². The van der Waals surface area contributed by atoms with Gasteiger partial charge in [0.05, 0.1) is 32.0 Å². The Morgan fingerprint density at radius 1 is 1.26 bits per heavy atom. The Bertz CT molecular complexity index is 1050. The fourth-order valence-electron chi connectivity index (χ4n) is 2.67. The molecule has 162 valence electrons. The Hall–Kier alpha value is -3.10. The quantitative estimate of drug-likeness (QED) is 0.263. The molecule has 0 aliphatic rings. The zero-order valence-corrected chi connectivity index (χ0v) is 18.7. The second-order valence-corrected chi connectivity index (χ2v) is 7.52. The lowest BCUT2D eigenvalue weighted by Gasteiger charge is -2.13. The normalized spacial score (nSPS) is 10.8. The van der Waals surface area contributed by atoms with Crippen molar-refractivity contribution in [2.75, 3.05) is 19.1 Å². The minimum Gasteiger partial charge on any atom is -0.493 e. The summed E-state index contributed by atoms with van der Waals surface area (Å²) in [7, 11) is 1.58. The number of nitrogens with one attached hydrogen (secondary N) is 1. The zero-order valence-electron chi connectivity index (χ0n) is 17.1. The van der Waals surface area contributed by atoms with Gasteiger partial charge in [-0.05, 0) is 25.1 Å². The number of halogens is 1. The van der Waals surface area contributed by atoms with Crippen LogP contribution in [0.15, 0.2) is 52.9 Å². The predicted octanol–water partition coefficient (Wildman–Crippen LogP) is 4.94. The molecule has 31 heavy (non-hydrogen) atoms. The largest absolute Gasteiger partial charge is 0.493 e. The van der Waals surface area contributed by atoms with Crippen LogP contribution in [-0.4, -0.2) is 30.9 Å². The van der Waals surface area contributed by atoms with Crippen molar-refractivity contribution in [1.82, 2.24) is 4.98 Å². The van der Waals surface area contributed by atoms with E-state index >= 15 is 0 Å². The molecule has 2 aromatic carbocycles. The maximum Gasteiger partial charge on any atom is 0.311 e. The third-order valence-corrected chi connectivity index (χ3v) is 5.27. The number of carbonyl (C=O) groups is 1. The van der Waals surface area contributed by atoms with Gasteiger partial charge in [0.15, 0.2) is 11.5 Å². The van der Waals surface area contributed by atoms with E-state index in [0.29, 0.717) is 34.0 Å². The monoisotopic (exact) mass is 459 g/mol. The van der Waals surface area contributed by atoms with Crippen LogP contribution in [0.3, 0.4) is 0 Å². The van der Waals surface area contributed by atoms with E-state index in [0.717, 1.165) is 11.1 Å². The number of hydrogen-bond acceptors (Lipinski definition) is 8. The standard InChI is InChI=1S/C22H22ClN3O4S/c1-3-29-20(27)11-17-14-31-22(25-17)26-24-12-15-8-6-10-19(28-2)21(15)30-13-16-7-4-5-9-18(16)23/h4-10,12,14H,3,11,13H2,1-2H3,(H,25,26). The molecular weight excluding hydrogens is 438 g/mol. The van der Waals surface area contributed by atoms with Crippen LogP contribution in [0.1, 0.15) is 23.7 Å². The highest BCUT2D eigenvalue weighted by Gasteiger charge is 2.11. The molecule has 0 fully saturated rings. The summed E-state index contributed by atoms with van der Waals surface area (Å²) in [6, 6.07) is 13.0. The van der Waals surface area contributed by atoms with Crippen LogP contribution < -0.4 is 14.9 Å². The van der Waals surface area contributed by atoms with E-state index < -0.39 is 0 Å². The molecule has 3 rings (SSSR count). The van der Waals surface area contributed by atoms with Crippen molar-refractivity contribution < 1.29 is 19.0 Å². The summed E-state index contributed by atoms with van der Waals surface area (Å²) in [6.45, 7) is 2.41. The van der Waals surface area contributed by atoms with Crippen LogP contribution in [0.4, 0.5) is 5.13 Å². The van der Waals surface area contributed by atoms with Crippen molar-refractivity contribution in [2.24, 2.45) is 5.10 Å². The molecule has 0 saturated carbocycles. The Morgan fingerprint density at radius 3 is 2.87 bits per heavy atom. The SMILES string of the molecule is CCOC(=O)Cc1csc(NN=Cc2cccc(OC)c2OCc2ccccc2Cl)n1. The van der Waals surface area contributed by atoms with Crippen LogP contribution in [0.2, 0.25) is 5.02 Å². The van der Waals surface area contributed by atoms with E-state index in [1.165, 1.54) is 11.3 Å². The van der Waals surface area contributed by atoms with Gasteiger partial charge < -0.3 is 14.2 Å². The van der Waals surface area contributed by atoms with E-state index in [2.05, 4.69) is 15.5 Å². The number of carbonyl (C=O) groups excluding carboxylic acids is 1. The summed E-state index contributed by atoms with van der Waals surface area (Å²) < 4.78 is 16.4. The fraction of sp³-hybridized carbons (Fsp3) is 0.227. The lowest BCUT2D eigenvalue weighted by atomic mass is 10.2. The molecule has 0 saturated heterocycles. The van der Waals surface area contributed by atoms with E-state index in [1.807, 2.05) is 42.5 Å². The molecule has 9 heteroatoms. The van der Waals surface area contributed by atoms with Crippen molar-refractivity contribution in [1.29, 1.82) is 0 Å². The minimum atomic E-state index is -0.306. The molecule has 0 atom stereocenters. The summed E-state index contributed by atoms with van der Waals surface area (Å²) in [5.41, 5.74) is 5.10. The Labute approximate surface area is 189 Å². The maximum atomic E-state index is 11.6. The third kappa shape index (κ3) is 6.44. The number of rotatable bonds is 10. The highest BCUT2D eigenvalue weighted by Crippen LogP contribution is 2.31. The van der Waals surface area contributed by atoms with Crippen LogP contribution in [0.5, 0.6) is 11.5 Å². The number of aromatic nitrogens is 1. The van der Waals surface area contributed by atoms with Gasteiger partial charge in [-0.1, -0.05) is 35.9 Å². The van der Waals surface area contributed by atoms with Crippen molar-refractivity contribution in [3.63, 3.8) is 0 Å². The van der Waals surface area contributed by atoms with Crippen molar-refractivity contribution in [2.45, 2.75) is 20.0 Å². The van der Waals surface area contributed by atoms with Crippen molar-refractivity contribution in [3.05, 3.63) is 69.7 Å². The fourth-order valence-corrected chi connectivity index (χ4v) is 3.52. The lowest BCUT2D eigenvalue weighted by molar-refractivity contribution is -0.142. The number of hydrogen-bond donors (Lipinski definition) is 1. The summed E-state index contributed by atoms with van der Waals surface area (Å²) in [4.78, 5) is 15.9. The van der Waals surface area contributed by atoms with Gasteiger partial charge in [-0.25, -0.2) is 4.98 Å². The van der Waals surface area contributed by atoms with Crippen LogP contribution >= 0.6 is 22.9 Å². The molecule has 0 spiro atoms. The zero-order chi connectivity index (χ0) is 22.1. The molecule has 7 nitrogen and oxygen atoms in total. The number of ether oxygens (including phenoxy) is 3. The molecule has 0 unspecified atom stereocenters. The molecular formula is C22H22ClN3O4S. The summed E-state index contributed by atoms with van der Waals surface area (Å²) in [5, 5.41) is 7.24. The van der Waals surface area contributed by atoms with E-state index in [9.17, 15) is 4.79 Å². The van der Waals surface area contributed by atoms with Crippen molar-refractivity contribution >= 4 is 40.3 Å². The first-order chi connectivity index (χ1) is 15.1. The summed E-state index contributed by atoms with van der Waals surface area (Å²) in [5.74, 6) is 0.833. The molecule has 0 radical (unpaired) electrons. The number of hydrazone groups is 1. The Balaban J connectivity index is 1.68. The highest BCUT2D eigenvalue weighted by atomic mass is 35.5. The van der Waals surface area contributed by atoms with Crippen LogP contribution in [0.25, 0.3) is 0 Å². The number of methoxy groups -OCH3 is 1. The smallest absolute Gasteiger partial charge is 0.311 e. The Morgan fingerprint density at radius 2 is 2.10 bits per heavy atom. The lowest BCUT2D eigenvalue weighted by Crippen LogP contribution is -2.07. The predicted molar refractivity (Wildman–Crippen MR) is 122 cm³/mol.